The van der Waals surface area contributed by atoms with Crippen LogP contribution in [0.1, 0.15) is 20.8 Å². The van der Waals surface area contributed by atoms with Crippen molar-refractivity contribution in [3.63, 3.8) is 0 Å². The van der Waals surface area contributed by atoms with E-state index in [1.54, 1.807) is 13.1 Å². The van der Waals surface area contributed by atoms with E-state index in [1.165, 1.54) is 36.4 Å². The van der Waals surface area contributed by atoms with Crippen LogP contribution in [-0.2, 0) is 9.63 Å². The molecule has 0 radical (unpaired) electrons. The van der Waals surface area contributed by atoms with Crippen molar-refractivity contribution in [2.24, 2.45) is 0 Å². The Morgan fingerprint density at radius 3 is 2.24 bits per heavy atom. The van der Waals surface area contributed by atoms with E-state index >= 15 is 0 Å². The zero-order chi connectivity index (χ0) is 13.3. The van der Waals surface area contributed by atoms with Crippen LogP contribution in [0, 0.1) is 11.5 Å². The maximum atomic E-state index is 11.4. The van der Waals surface area contributed by atoms with Crippen LogP contribution >= 0.6 is 0 Å². The summed E-state index contributed by atoms with van der Waals surface area (Å²) < 4.78 is 0. The molecule has 0 aliphatic rings. The van der Waals surface area contributed by atoms with E-state index in [0.717, 1.165) is 0 Å². The summed E-state index contributed by atoms with van der Waals surface area (Å²) in [6.07, 6.45) is 3.07. The molecule has 0 rings (SSSR count). The summed E-state index contributed by atoms with van der Waals surface area (Å²) >= 11 is 0. The average molecular weight is 253 g/mol. The second-order valence-electron chi connectivity index (χ2n) is 3.96. The quantitative estimate of drug-likeness (QED) is 0.326. The van der Waals surface area contributed by atoms with Gasteiger partial charge in [0.2, 0.25) is 0 Å². The maximum absolute atomic E-state index is 11.4. The van der Waals surface area contributed by atoms with Gasteiger partial charge in [-0.25, -0.2) is 5.06 Å². The molecule has 0 saturated heterocycles. The van der Waals surface area contributed by atoms with Crippen molar-refractivity contribution in [1.29, 1.82) is 0 Å². The first kappa shape index (κ1) is 15.9. The minimum Gasteiger partial charge on any atom is -0.274 e. The van der Waals surface area contributed by atoms with E-state index in [9.17, 15) is 4.79 Å². The van der Waals surface area contributed by atoms with Crippen molar-refractivity contribution in [1.82, 2.24) is 5.06 Å². The Morgan fingerprint density at radius 2 is 1.82 bits per heavy atom. The van der Waals surface area contributed by atoms with Gasteiger partial charge in [-0.2, -0.15) is 0 Å². The van der Waals surface area contributed by atoms with E-state index in [-0.39, 0.29) is 5.91 Å². The molecule has 1 amide bonds. The monoisotopic (exact) mass is 253 g/mol. The van der Waals surface area contributed by atoms with Crippen molar-refractivity contribution in [2.75, 3.05) is 14.2 Å². The van der Waals surface area contributed by atoms with Crippen LogP contribution in [-0.4, -0.2) is 33.2 Å². The van der Waals surface area contributed by atoms with Gasteiger partial charge in [-0.15, -0.1) is 5.54 Å². The van der Waals surface area contributed by atoms with Crippen molar-refractivity contribution < 1.29 is 9.63 Å². The van der Waals surface area contributed by atoms with Crippen LogP contribution in [0.4, 0.5) is 0 Å². The number of hydroxylamine groups is 2. The Kier molecular flexibility index (Phi) is 7.60. The van der Waals surface area contributed by atoms with Crippen LogP contribution in [0.15, 0.2) is 12.2 Å². The molecule has 0 atom stereocenters. The number of allylic oxidation sites excluding steroid dienone is 1. The number of hydrogen-bond donors (Lipinski definition) is 0. The molecule has 0 heterocycles. The SMILES string of the molecule is CC[Si](C#C/C=C/C(=O)N(C)OC)(CC)CC. The molecule has 4 heteroatoms. The van der Waals surface area contributed by atoms with Gasteiger partial charge < -0.3 is 0 Å². The molecule has 0 unspecified atom stereocenters. The summed E-state index contributed by atoms with van der Waals surface area (Å²) in [7, 11) is 1.64. The summed E-state index contributed by atoms with van der Waals surface area (Å²) in [6, 6.07) is 3.52. The zero-order valence-electron chi connectivity index (χ0n) is 11.5. The minimum atomic E-state index is -1.39. The third kappa shape index (κ3) is 5.20. The van der Waals surface area contributed by atoms with Gasteiger partial charge in [0.1, 0.15) is 8.07 Å². The Morgan fingerprint density at radius 1 is 1.29 bits per heavy atom. The number of carbonyl (C=O) groups excluding carboxylic acids is 1. The Hall–Kier alpha value is -1.05. The highest BCUT2D eigenvalue weighted by Crippen LogP contribution is 2.18. The second kappa shape index (κ2) is 8.10. The molecule has 0 aliphatic heterocycles. The van der Waals surface area contributed by atoms with Gasteiger partial charge in [0.05, 0.1) is 7.11 Å². The standard InChI is InChI=1S/C13H23NO2Si/c1-6-17(7-2,8-3)12-10-9-11-13(15)14(4)16-5/h9,11H,6-8H2,1-5H3/b11-9+. The fourth-order valence-corrected chi connectivity index (χ4v) is 3.94. The van der Waals surface area contributed by atoms with Gasteiger partial charge in [0, 0.05) is 13.1 Å². The van der Waals surface area contributed by atoms with Gasteiger partial charge in [-0.1, -0.05) is 26.7 Å². The van der Waals surface area contributed by atoms with Crippen LogP contribution in [0.3, 0.4) is 0 Å². The highest BCUT2D eigenvalue weighted by molar-refractivity contribution is 6.87. The van der Waals surface area contributed by atoms with Crippen LogP contribution < -0.4 is 0 Å². The molecule has 0 aliphatic carbocycles. The van der Waals surface area contributed by atoms with Crippen LogP contribution in [0.2, 0.25) is 18.1 Å². The van der Waals surface area contributed by atoms with Gasteiger partial charge in [-0.05, 0) is 24.2 Å². The van der Waals surface area contributed by atoms with Crippen molar-refractivity contribution >= 4 is 14.0 Å². The maximum Gasteiger partial charge on any atom is 0.270 e. The smallest absolute Gasteiger partial charge is 0.270 e. The number of likely N-dealkylation sites (N-methyl/N-ethyl adjacent to an activating group) is 1. The molecule has 3 nitrogen and oxygen atoms in total. The molecule has 0 aromatic heterocycles. The first-order valence-electron chi connectivity index (χ1n) is 6.06. The molecular formula is C13H23NO2Si. The van der Waals surface area contributed by atoms with E-state index in [1.807, 2.05) is 0 Å². The second-order valence-corrected chi connectivity index (χ2v) is 8.89. The molecule has 0 aromatic carbocycles. The largest absolute Gasteiger partial charge is 0.274 e. The molecule has 96 valence electrons. The first-order chi connectivity index (χ1) is 8.05. The first-order valence-corrected chi connectivity index (χ1v) is 8.68. The summed E-state index contributed by atoms with van der Waals surface area (Å²) in [5, 5.41) is 1.17. The lowest BCUT2D eigenvalue weighted by Crippen LogP contribution is -2.29. The number of amides is 1. The number of nitrogens with zero attached hydrogens (tertiary/aromatic N) is 1. The number of rotatable bonds is 5. The molecule has 0 aromatic rings. The lowest BCUT2D eigenvalue weighted by atomic mass is 10.5. The Balaban J connectivity index is 4.55. The summed E-state index contributed by atoms with van der Waals surface area (Å²) in [4.78, 5) is 16.1. The molecule has 17 heavy (non-hydrogen) atoms. The van der Waals surface area contributed by atoms with Crippen LogP contribution in [0.25, 0.3) is 0 Å². The average Bonchev–Trinajstić information content (AvgIpc) is 2.38. The molecule has 0 fully saturated rings. The summed E-state index contributed by atoms with van der Waals surface area (Å²) in [5.74, 6) is 2.82. The molecule has 0 N–H and O–H groups in total. The predicted molar refractivity (Wildman–Crippen MR) is 73.9 cm³/mol. The molecular weight excluding hydrogens is 230 g/mol. The van der Waals surface area contributed by atoms with E-state index in [4.69, 9.17) is 4.84 Å². The van der Waals surface area contributed by atoms with Crippen molar-refractivity contribution in [3.05, 3.63) is 12.2 Å². The van der Waals surface area contributed by atoms with Gasteiger partial charge >= 0.3 is 0 Å². The lowest BCUT2D eigenvalue weighted by Gasteiger charge is -2.19. The molecule has 0 saturated carbocycles. The van der Waals surface area contributed by atoms with Crippen molar-refractivity contribution in [2.45, 2.75) is 38.9 Å². The normalized spacial score (nSPS) is 11.1. The summed E-state index contributed by atoms with van der Waals surface area (Å²) in [6.45, 7) is 6.63. The fraction of sp³-hybridized carbons (Fsp3) is 0.615. The van der Waals surface area contributed by atoms with E-state index in [0.29, 0.717) is 0 Å². The van der Waals surface area contributed by atoms with Crippen molar-refractivity contribution in [3.8, 4) is 11.5 Å². The lowest BCUT2D eigenvalue weighted by molar-refractivity contribution is -0.162. The minimum absolute atomic E-state index is 0.196. The summed E-state index contributed by atoms with van der Waals surface area (Å²) in [5.41, 5.74) is 3.39. The topological polar surface area (TPSA) is 29.5 Å². The predicted octanol–water partition coefficient (Wildman–Crippen LogP) is 2.61. The molecule has 0 bridgehead atoms. The Labute approximate surface area is 106 Å². The number of hydrogen-bond acceptors (Lipinski definition) is 2. The van der Waals surface area contributed by atoms with E-state index < -0.39 is 8.07 Å². The number of carbonyl (C=O) groups is 1. The van der Waals surface area contributed by atoms with Gasteiger partial charge in [0.15, 0.2) is 0 Å². The van der Waals surface area contributed by atoms with E-state index in [2.05, 4.69) is 32.2 Å². The van der Waals surface area contributed by atoms with Crippen LogP contribution in [0.5, 0.6) is 0 Å². The third-order valence-electron chi connectivity index (χ3n) is 3.26. The highest BCUT2D eigenvalue weighted by Gasteiger charge is 2.23. The molecule has 0 spiro atoms. The van der Waals surface area contributed by atoms with Gasteiger partial charge in [0.25, 0.3) is 5.91 Å². The highest BCUT2D eigenvalue weighted by atomic mass is 28.3. The fourth-order valence-electron chi connectivity index (χ4n) is 1.52. The zero-order valence-corrected chi connectivity index (χ0v) is 12.5. The van der Waals surface area contributed by atoms with Gasteiger partial charge in [-0.3, -0.25) is 9.63 Å². The Bertz CT molecular complexity index is 316. The third-order valence-corrected chi connectivity index (χ3v) is 8.00.